The quantitative estimate of drug-likeness (QED) is 0.831. The van der Waals surface area contributed by atoms with Gasteiger partial charge < -0.3 is 9.66 Å². The number of aryl methyl sites for hydroxylation is 1. The van der Waals surface area contributed by atoms with Crippen LogP contribution in [0, 0.1) is 0 Å². The van der Waals surface area contributed by atoms with Crippen molar-refractivity contribution in [1.29, 1.82) is 0 Å². The van der Waals surface area contributed by atoms with Gasteiger partial charge >= 0.3 is 11.1 Å². The monoisotopic (exact) mass is 252 g/mol. The molecule has 0 fully saturated rings. The van der Waals surface area contributed by atoms with Crippen LogP contribution < -0.4 is 0 Å². The molecule has 0 radical (unpaired) electrons. The molecule has 0 spiro atoms. The molecule has 0 aliphatic heterocycles. The highest BCUT2D eigenvalue weighted by Gasteiger charge is 2.31. The minimum absolute atomic E-state index is 0.293. The second kappa shape index (κ2) is 4.38. The Kier molecular flexibility index (Phi) is 3.08. The molecule has 1 aromatic heterocycles. The van der Waals surface area contributed by atoms with E-state index >= 15 is 0 Å². The number of carboxylic acids is 1. The number of hydrogen-bond donors (Lipinski definition) is 1. The van der Waals surface area contributed by atoms with E-state index in [4.69, 9.17) is 5.11 Å². The molecule has 1 heterocycles. The van der Waals surface area contributed by atoms with Gasteiger partial charge in [-0.05, 0) is 19.1 Å². The van der Waals surface area contributed by atoms with Crippen LogP contribution in [0.2, 0.25) is 0 Å². The van der Waals surface area contributed by atoms with E-state index in [-0.39, 0.29) is 0 Å². The van der Waals surface area contributed by atoms with E-state index in [2.05, 4.69) is 4.98 Å². The van der Waals surface area contributed by atoms with Crippen molar-refractivity contribution in [3.8, 4) is 0 Å². The van der Waals surface area contributed by atoms with Gasteiger partial charge in [-0.1, -0.05) is 12.1 Å². The summed E-state index contributed by atoms with van der Waals surface area (Å²) in [4.78, 5) is 15.0. The van der Waals surface area contributed by atoms with Gasteiger partial charge in [-0.15, -0.1) is 0 Å². The molecule has 90 valence electrons. The molecule has 0 saturated carbocycles. The number of aromatic nitrogens is 2. The Morgan fingerprint density at radius 2 is 2.18 bits per heavy atom. The molecular formula is C11H12N2O3S. The summed E-state index contributed by atoms with van der Waals surface area (Å²) in [5.41, 5.74) is 1.56. The van der Waals surface area contributed by atoms with Gasteiger partial charge in [-0.3, -0.25) is 4.57 Å². The third-order valence-corrected chi connectivity index (χ3v) is 4.16. The van der Waals surface area contributed by atoms with Crippen LogP contribution in [0.4, 0.5) is 0 Å². The standard InChI is InChI=1S/C11H12N2O3S/c1-7(10(14)15)17(16)11-12-8-5-3-4-6-9(8)13(11)2/h3-7H,1-2H3,(H,14,15). The third-order valence-electron chi connectivity index (χ3n) is 2.59. The van der Waals surface area contributed by atoms with Gasteiger partial charge in [0.2, 0.25) is 5.25 Å². The van der Waals surface area contributed by atoms with Crippen molar-refractivity contribution < 1.29 is 14.5 Å². The largest absolute Gasteiger partial charge is 0.608 e. The maximum absolute atomic E-state index is 12.0. The summed E-state index contributed by atoms with van der Waals surface area (Å²) in [5, 5.41) is 8.17. The molecule has 17 heavy (non-hydrogen) atoms. The first-order chi connectivity index (χ1) is 8.02. The molecule has 6 heteroatoms. The Morgan fingerprint density at radius 3 is 2.76 bits per heavy atom. The molecule has 0 aliphatic carbocycles. The fraction of sp³-hybridized carbons (Fsp3) is 0.273. The summed E-state index contributed by atoms with van der Waals surface area (Å²) >= 11 is -1.65. The van der Waals surface area contributed by atoms with Gasteiger partial charge in [-0.2, -0.15) is 4.98 Å². The van der Waals surface area contributed by atoms with E-state index in [0.717, 1.165) is 11.0 Å². The maximum atomic E-state index is 12.0. The van der Waals surface area contributed by atoms with Crippen molar-refractivity contribution in [3.05, 3.63) is 24.3 Å². The molecule has 0 saturated heterocycles. The van der Waals surface area contributed by atoms with E-state index in [0.29, 0.717) is 5.16 Å². The molecule has 2 aromatic rings. The van der Waals surface area contributed by atoms with E-state index in [1.807, 2.05) is 24.3 Å². The second-order valence-corrected chi connectivity index (χ2v) is 5.39. The Labute approximate surface area is 101 Å². The molecule has 2 atom stereocenters. The average molecular weight is 252 g/mol. The SMILES string of the molecule is CC(C(=O)O)[S+]([O-])c1nc2ccccc2n1C. The first-order valence-electron chi connectivity index (χ1n) is 5.07. The molecule has 0 aliphatic rings. The van der Waals surface area contributed by atoms with E-state index in [9.17, 15) is 9.35 Å². The van der Waals surface area contributed by atoms with Gasteiger partial charge in [0.05, 0.1) is 11.0 Å². The number of hydrogen-bond acceptors (Lipinski definition) is 3. The van der Waals surface area contributed by atoms with Crippen LogP contribution in [0.25, 0.3) is 11.0 Å². The molecule has 0 bridgehead atoms. The predicted octanol–water partition coefficient (Wildman–Crippen LogP) is 1.15. The summed E-state index contributed by atoms with van der Waals surface area (Å²) in [6.45, 7) is 1.41. The lowest BCUT2D eigenvalue weighted by Crippen LogP contribution is -2.28. The average Bonchev–Trinajstić information content (AvgIpc) is 2.65. The summed E-state index contributed by atoms with van der Waals surface area (Å²) < 4.78 is 13.7. The van der Waals surface area contributed by atoms with Crippen molar-refractivity contribution in [2.75, 3.05) is 0 Å². The summed E-state index contributed by atoms with van der Waals surface area (Å²) in [6, 6.07) is 7.36. The van der Waals surface area contributed by atoms with E-state index < -0.39 is 22.4 Å². The number of carboxylic acid groups (broad SMARTS) is 1. The van der Waals surface area contributed by atoms with Crippen molar-refractivity contribution in [1.82, 2.24) is 9.55 Å². The zero-order chi connectivity index (χ0) is 12.6. The van der Waals surface area contributed by atoms with Gasteiger partial charge in [0.15, 0.2) is 0 Å². The number of imidazole rings is 1. The number of aliphatic carboxylic acids is 1. The van der Waals surface area contributed by atoms with Crippen LogP contribution in [0.5, 0.6) is 0 Å². The fourth-order valence-electron chi connectivity index (χ4n) is 1.55. The molecule has 2 unspecified atom stereocenters. The normalized spacial score (nSPS) is 14.8. The minimum Gasteiger partial charge on any atom is -0.608 e. The van der Waals surface area contributed by atoms with Crippen LogP contribution in [0.15, 0.2) is 29.4 Å². The van der Waals surface area contributed by atoms with Crippen molar-refractivity contribution in [3.63, 3.8) is 0 Å². The highest BCUT2D eigenvalue weighted by molar-refractivity contribution is 7.92. The van der Waals surface area contributed by atoms with E-state index in [1.54, 1.807) is 11.6 Å². The Morgan fingerprint density at radius 1 is 1.53 bits per heavy atom. The zero-order valence-electron chi connectivity index (χ0n) is 9.45. The van der Waals surface area contributed by atoms with Gasteiger partial charge in [0, 0.05) is 18.2 Å². The minimum atomic E-state index is -1.65. The molecule has 5 nitrogen and oxygen atoms in total. The first-order valence-corrected chi connectivity index (χ1v) is 6.28. The van der Waals surface area contributed by atoms with Crippen molar-refractivity contribution in [2.45, 2.75) is 17.3 Å². The molecule has 1 aromatic carbocycles. The number of rotatable bonds is 3. The first kappa shape index (κ1) is 11.9. The summed E-state index contributed by atoms with van der Waals surface area (Å²) in [7, 11) is 1.73. The number of carbonyl (C=O) groups is 1. The van der Waals surface area contributed by atoms with Crippen molar-refractivity contribution in [2.24, 2.45) is 7.05 Å². The van der Waals surface area contributed by atoms with Gasteiger partial charge in [0.25, 0.3) is 0 Å². The zero-order valence-corrected chi connectivity index (χ0v) is 10.3. The van der Waals surface area contributed by atoms with Crippen LogP contribution in [0.3, 0.4) is 0 Å². The van der Waals surface area contributed by atoms with E-state index in [1.165, 1.54) is 6.92 Å². The van der Waals surface area contributed by atoms with Crippen LogP contribution >= 0.6 is 0 Å². The fourth-order valence-corrected chi connectivity index (χ4v) is 2.61. The molecular weight excluding hydrogens is 240 g/mol. The predicted molar refractivity (Wildman–Crippen MR) is 64.2 cm³/mol. The third kappa shape index (κ3) is 2.01. The Bertz CT molecular complexity index is 567. The topological polar surface area (TPSA) is 78.2 Å². The van der Waals surface area contributed by atoms with Gasteiger partial charge in [0.1, 0.15) is 0 Å². The number of fused-ring (bicyclic) bond motifs is 1. The van der Waals surface area contributed by atoms with Crippen LogP contribution in [-0.2, 0) is 23.0 Å². The lowest BCUT2D eigenvalue weighted by molar-refractivity contribution is -0.136. The molecule has 2 rings (SSSR count). The molecule has 1 N–H and O–H groups in total. The van der Waals surface area contributed by atoms with Crippen molar-refractivity contribution >= 4 is 28.2 Å². The summed E-state index contributed by atoms with van der Waals surface area (Å²) in [5.74, 6) is -1.09. The Hall–Kier alpha value is -1.53. The number of benzene rings is 1. The molecule has 0 amide bonds. The van der Waals surface area contributed by atoms with Crippen LogP contribution in [-0.4, -0.2) is 30.4 Å². The van der Waals surface area contributed by atoms with Gasteiger partial charge in [-0.25, -0.2) is 4.79 Å². The maximum Gasteiger partial charge on any atom is 0.357 e. The smallest absolute Gasteiger partial charge is 0.357 e. The lowest BCUT2D eigenvalue weighted by Gasteiger charge is -2.12. The highest BCUT2D eigenvalue weighted by Crippen LogP contribution is 2.21. The highest BCUT2D eigenvalue weighted by atomic mass is 32.2. The lowest BCUT2D eigenvalue weighted by atomic mass is 10.3. The number of para-hydroxylation sites is 2. The number of nitrogens with zero attached hydrogens (tertiary/aromatic N) is 2. The second-order valence-electron chi connectivity index (χ2n) is 3.72. The Balaban J connectivity index is 2.49. The van der Waals surface area contributed by atoms with Crippen LogP contribution in [0.1, 0.15) is 6.92 Å². The summed E-state index contributed by atoms with van der Waals surface area (Å²) in [6.07, 6.45) is 0.